The molecule has 4 heteroatoms. The lowest BCUT2D eigenvalue weighted by atomic mass is 9.85. The van der Waals surface area contributed by atoms with Gasteiger partial charge in [-0.1, -0.05) is 20.8 Å². The Labute approximate surface area is 94.2 Å². The van der Waals surface area contributed by atoms with Gasteiger partial charge in [-0.15, -0.1) is 0 Å². The molecule has 1 N–H and O–H groups in total. The third kappa shape index (κ3) is 2.94. The summed E-state index contributed by atoms with van der Waals surface area (Å²) in [6, 6.07) is 0.252. The zero-order chi connectivity index (χ0) is 12.1. The van der Waals surface area contributed by atoms with Gasteiger partial charge in [0, 0.05) is 17.3 Å². The Balaban J connectivity index is 3.06. The van der Waals surface area contributed by atoms with E-state index in [2.05, 4.69) is 46.4 Å². The Hall–Kier alpha value is -0.0900. The monoisotopic (exact) mass is 232 g/mol. The summed E-state index contributed by atoms with van der Waals surface area (Å²) >= 11 is 0. The molecule has 0 bridgehead atoms. The average molecular weight is 232 g/mol. The smallest absolute Gasteiger partial charge is 0.0836 e. The normalized spacial score (nSPS) is 34.7. The lowest BCUT2D eigenvalue weighted by Crippen LogP contribution is -2.50. The molecule has 0 aromatic rings. The SMILES string of the molecule is CC(C)(C)C1CS(=N)(=O)CN1C(C)(C)C. The molecule has 15 heavy (non-hydrogen) atoms. The first-order chi connectivity index (χ1) is 6.43. The second-order valence-corrected chi connectivity index (χ2v) is 8.85. The number of nitrogens with one attached hydrogen (secondary N) is 1. The summed E-state index contributed by atoms with van der Waals surface area (Å²) in [6.45, 7) is 12.9. The zero-order valence-electron chi connectivity index (χ0n) is 10.8. The van der Waals surface area contributed by atoms with Crippen molar-refractivity contribution in [1.29, 1.82) is 4.78 Å². The molecule has 1 fully saturated rings. The molecule has 0 aromatic carbocycles. The summed E-state index contributed by atoms with van der Waals surface area (Å²) in [7, 11) is -2.39. The van der Waals surface area contributed by atoms with Gasteiger partial charge >= 0.3 is 0 Å². The first-order valence-electron chi connectivity index (χ1n) is 5.44. The largest absolute Gasteiger partial charge is 0.282 e. The van der Waals surface area contributed by atoms with Gasteiger partial charge in [-0.2, -0.15) is 0 Å². The molecule has 0 radical (unpaired) electrons. The van der Waals surface area contributed by atoms with Crippen LogP contribution in [0.3, 0.4) is 0 Å². The highest BCUT2D eigenvalue weighted by Gasteiger charge is 2.44. The highest BCUT2D eigenvalue weighted by Crippen LogP contribution is 2.35. The molecule has 90 valence electrons. The summed E-state index contributed by atoms with van der Waals surface area (Å²) in [5.41, 5.74) is 0.0889. The van der Waals surface area contributed by atoms with Crippen molar-refractivity contribution in [3.8, 4) is 0 Å². The minimum atomic E-state index is -2.39. The fourth-order valence-electron chi connectivity index (χ4n) is 2.09. The van der Waals surface area contributed by atoms with E-state index in [1.807, 2.05) is 0 Å². The molecule has 2 atom stereocenters. The van der Waals surface area contributed by atoms with Gasteiger partial charge in [0.25, 0.3) is 0 Å². The average Bonchev–Trinajstić information content (AvgIpc) is 2.23. The first-order valence-corrected chi connectivity index (χ1v) is 7.34. The van der Waals surface area contributed by atoms with E-state index in [-0.39, 0.29) is 17.0 Å². The topological polar surface area (TPSA) is 44.2 Å². The van der Waals surface area contributed by atoms with Crippen LogP contribution in [0, 0.1) is 10.2 Å². The van der Waals surface area contributed by atoms with Gasteiger partial charge in [-0.3, -0.25) is 9.68 Å². The molecule has 0 amide bonds. The van der Waals surface area contributed by atoms with Gasteiger partial charge in [-0.05, 0) is 26.2 Å². The maximum atomic E-state index is 11.9. The third-order valence-electron chi connectivity index (χ3n) is 3.01. The maximum Gasteiger partial charge on any atom is 0.0836 e. The van der Waals surface area contributed by atoms with Gasteiger partial charge in [0.05, 0.1) is 15.6 Å². The second kappa shape index (κ2) is 3.45. The van der Waals surface area contributed by atoms with Crippen molar-refractivity contribution in [2.45, 2.75) is 53.1 Å². The fourth-order valence-corrected chi connectivity index (χ4v) is 4.40. The van der Waals surface area contributed by atoms with E-state index in [1.54, 1.807) is 0 Å². The minimum absolute atomic E-state index is 0.00183. The molecule has 1 saturated heterocycles. The van der Waals surface area contributed by atoms with Crippen molar-refractivity contribution in [2.24, 2.45) is 5.41 Å². The lowest BCUT2D eigenvalue weighted by Gasteiger charge is -2.41. The van der Waals surface area contributed by atoms with Crippen LogP contribution in [-0.4, -0.2) is 32.3 Å². The summed E-state index contributed by atoms with van der Waals surface area (Å²) in [5.74, 6) is 0.951. The molecule has 0 aliphatic carbocycles. The van der Waals surface area contributed by atoms with E-state index >= 15 is 0 Å². The molecule has 1 heterocycles. The molecule has 0 spiro atoms. The first kappa shape index (κ1) is 13.0. The highest BCUT2D eigenvalue weighted by molar-refractivity contribution is 7.92. The fraction of sp³-hybridized carbons (Fsp3) is 1.00. The van der Waals surface area contributed by atoms with Gasteiger partial charge in [0.15, 0.2) is 0 Å². The number of hydrogen-bond donors (Lipinski definition) is 1. The van der Waals surface area contributed by atoms with Crippen molar-refractivity contribution in [2.75, 3.05) is 11.6 Å². The summed E-state index contributed by atoms with van der Waals surface area (Å²) in [5, 5.41) is 0. The van der Waals surface area contributed by atoms with Crippen molar-refractivity contribution in [3.05, 3.63) is 0 Å². The van der Waals surface area contributed by atoms with Gasteiger partial charge < -0.3 is 0 Å². The summed E-state index contributed by atoms with van der Waals surface area (Å²) < 4.78 is 19.7. The Morgan fingerprint density at radius 1 is 1.20 bits per heavy atom. The van der Waals surface area contributed by atoms with E-state index in [4.69, 9.17) is 4.78 Å². The maximum absolute atomic E-state index is 11.9. The molecular weight excluding hydrogens is 208 g/mol. The van der Waals surface area contributed by atoms with Gasteiger partial charge in [-0.25, -0.2) is 4.21 Å². The van der Waals surface area contributed by atoms with Crippen LogP contribution in [-0.2, 0) is 9.73 Å². The number of hydrogen-bond acceptors (Lipinski definition) is 3. The molecule has 2 unspecified atom stereocenters. The Morgan fingerprint density at radius 2 is 1.67 bits per heavy atom. The van der Waals surface area contributed by atoms with Gasteiger partial charge in [0.1, 0.15) is 0 Å². The Bertz CT molecular complexity index is 305. The van der Waals surface area contributed by atoms with Crippen molar-refractivity contribution in [3.63, 3.8) is 0 Å². The third-order valence-corrected chi connectivity index (χ3v) is 4.56. The van der Waals surface area contributed by atoms with E-state index < -0.39 is 9.73 Å². The Morgan fingerprint density at radius 3 is 1.93 bits per heavy atom. The molecule has 3 nitrogen and oxygen atoms in total. The Kier molecular flexibility index (Phi) is 2.99. The van der Waals surface area contributed by atoms with Crippen LogP contribution in [0.4, 0.5) is 0 Å². The highest BCUT2D eigenvalue weighted by atomic mass is 32.2. The van der Waals surface area contributed by atoms with Crippen LogP contribution in [0.5, 0.6) is 0 Å². The minimum Gasteiger partial charge on any atom is -0.282 e. The van der Waals surface area contributed by atoms with Crippen LogP contribution in [0.15, 0.2) is 0 Å². The van der Waals surface area contributed by atoms with Crippen LogP contribution in [0.2, 0.25) is 0 Å². The van der Waals surface area contributed by atoms with Crippen LogP contribution >= 0.6 is 0 Å². The number of nitrogens with zero attached hydrogens (tertiary/aromatic N) is 1. The van der Waals surface area contributed by atoms with E-state index in [0.717, 1.165) is 0 Å². The molecule has 1 aliphatic rings. The quantitative estimate of drug-likeness (QED) is 0.697. The second-order valence-electron chi connectivity index (χ2n) is 6.63. The predicted molar refractivity (Wildman–Crippen MR) is 65.4 cm³/mol. The van der Waals surface area contributed by atoms with Crippen molar-refractivity contribution < 1.29 is 4.21 Å². The molecule has 0 saturated carbocycles. The predicted octanol–water partition coefficient (Wildman–Crippen LogP) is 2.52. The lowest BCUT2D eigenvalue weighted by molar-refractivity contribution is 0.0651. The zero-order valence-corrected chi connectivity index (χ0v) is 11.6. The van der Waals surface area contributed by atoms with E-state index in [0.29, 0.717) is 11.6 Å². The summed E-state index contributed by atoms with van der Waals surface area (Å²) in [4.78, 5) is 2.24. The standard InChI is InChI=1S/C11H24N2OS/c1-10(2,3)9-7-15(12,14)8-13(9)11(4,5)6/h9,12H,7-8H2,1-6H3. The van der Waals surface area contributed by atoms with Crippen LogP contribution < -0.4 is 0 Å². The van der Waals surface area contributed by atoms with Crippen molar-refractivity contribution in [1.82, 2.24) is 4.90 Å². The van der Waals surface area contributed by atoms with Crippen LogP contribution in [0.25, 0.3) is 0 Å². The van der Waals surface area contributed by atoms with Gasteiger partial charge in [0.2, 0.25) is 0 Å². The van der Waals surface area contributed by atoms with Crippen molar-refractivity contribution >= 4 is 9.73 Å². The molecule has 1 aliphatic heterocycles. The summed E-state index contributed by atoms with van der Waals surface area (Å²) in [6.07, 6.45) is 0. The molecular formula is C11H24N2OS. The number of rotatable bonds is 0. The van der Waals surface area contributed by atoms with E-state index in [1.165, 1.54) is 0 Å². The molecule has 0 aromatic heterocycles. The van der Waals surface area contributed by atoms with E-state index in [9.17, 15) is 4.21 Å². The molecule has 1 rings (SSSR count). The van der Waals surface area contributed by atoms with Crippen LogP contribution in [0.1, 0.15) is 41.5 Å².